The number of halogens is 1. The summed E-state index contributed by atoms with van der Waals surface area (Å²) >= 11 is 0. The molecule has 0 aromatic heterocycles. The van der Waals surface area contributed by atoms with Crippen molar-refractivity contribution in [2.75, 3.05) is 5.32 Å². The van der Waals surface area contributed by atoms with Gasteiger partial charge in [0.25, 0.3) is 0 Å². The summed E-state index contributed by atoms with van der Waals surface area (Å²) in [5, 5.41) is 3.40. The van der Waals surface area contributed by atoms with Gasteiger partial charge in [0.1, 0.15) is 5.82 Å². The van der Waals surface area contributed by atoms with Gasteiger partial charge in [0.2, 0.25) is 0 Å². The summed E-state index contributed by atoms with van der Waals surface area (Å²) < 4.78 is 12.6. The van der Waals surface area contributed by atoms with Gasteiger partial charge in [-0.25, -0.2) is 4.39 Å². The largest absolute Gasteiger partial charge is 0.382 e. The van der Waals surface area contributed by atoms with Crippen LogP contribution in [0.3, 0.4) is 0 Å². The maximum atomic E-state index is 12.6. The molecule has 0 bridgehead atoms. The van der Waals surface area contributed by atoms with E-state index in [1.54, 1.807) is 12.1 Å². The van der Waals surface area contributed by atoms with Crippen LogP contribution < -0.4 is 5.32 Å². The fourth-order valence-electron chi connectivity index (χ4n) is 1.85. The predicted molar refractivity (Wildman–Crippen MR) is 52.3 cm³/mol. The lowest BCUT2D eigenvalue weighted by Crippen LogP contribution is -2.14. The third-order valence-corrected chi connectivity index (χ3v) is 2.57. The summed E-state index contributed by atoms with van der Waals surface area (Å²) in [6.45, 7) is 0. The van der Waals surface area contributed by atoms with E-state index in [2.05, 4.69) is 5.32 Å². The van der Waals surface area contributed by atoms with Crippen LogP contribution in [0.15, 0.2) is 24.3 Å². The number of benzene rings is 1. The maximum Gasteiger partial charge on any atom is 0.123 e. The van der Waals surface area contributed by atoms with Gasteiger partial charge in [-0.1, -0.05) is 12.8 Å². The first-order valence-electron chi connectivity index (χ1n) is 4.87. The first-order chi connectivity index (χ1) is 6.34. The number of rotatable bonds is 2. The van der Waals surface area contributed by atoms with Gasteiger partial charge in [0.15, 0.2) is 0 Å². The van der Waals surface area contributed by atoms with E-state index >= 15 is 0 Å². The van der Waals surface area contributed by atoms with E-state index in [0.717, 1.165) is 5.69 Å². The zero-order chi connectivity index (χ0) is 9.10. The molecule has 13 heavy (non-hydrogen) atoms. The van der Waals surface area contributed by atoms with Gasteiger partial charge in [0, 0.05) is 11.7 Å². The molecule has 1 saturated carbocycles. The Balaban J connectivity index is 1.97. The summed E-state index contributed by atoms with van der Waals surface area (Å²) in [6, 6.07) is 7.20. The first kappa shape index (κ1) is 8.54. The zero-order valence-corrected chi connectivity index (χ0v) is 7.59. The quantitative estimate of drug-likeness (QED) is 0.735. The number of nitrogens with one attached hydrogen (secondary N) is 1. The lowest BCUT2D eigenvalue weighted by molar-refractivity contribution is 0.627. The summed E-state index contributed by atoms with van der Waals surface area (Å²) in [5.74, 6) is -0.169. The third kappa shape index (κ3) is 2.20. The van der Waals surface area contributed by atoms with Crippen molar-refractivity contribution >= 4 is 5.69 Å². The molecule has 0 spiro atoms. The van der Waals surface area contributed by atoms with Crippen molar-refractivity contribution in [1.29, 1.82) is 0 Å². The van der Waals surface area contributed by atoms with Crippen LogP contribution in [0.25, 0.3) is 0 Å². The molecule has 0 saturated heterocycles. The van der Waals surface area contributed by atoms with Gasteiger partial charge in [-0.3, -0.25) is 0 Å². The van der Waals surface area contributed by atoms with Crippen molar-refractivity contribution in [1.82, 2.24) is 0 Å². The van der Waals surface area contributed by atoms with Crippen LogP contribution in [0.2, 0.25) is 0 Å². The molecule has 0 aliphatic heterocycles. The summed E-state index contributed by atoms with van der Waals surface area (Å²) in [7, 11) is 0. The standard InChI is InChI=1S/C11H14FN/c12-9-5-7-11(8-6-9)13-10-3-1-2-4-10/h5-8,10,13H,1-4H2. The highest BCUT2D eigenvalue weighted by molar-refractivity contribution is 5.43. The van der Waals surface area contributed by atoms with E-state index in [1.165, 1.54) is 37.8 Å². The normalized spacial score (nSPS) is 17.6. The molecule has 1 aromatic rings. The molecule has 1 aromatic carbocycles. The second-order valence-electron chi connectivity index (χ2n) is 3.63. The second kappa shape index (κ2) is 3.77. The van der Waals surface area contributed by atoms with Crippen LogP contribution in [-0.4, -0.2) is 6.04 Å². The van der Waals surface area contributed by atoms with Crippen molar-refractivity contribution in [2.24, 2.45) is 0 Å². The minimum absolute atomic E-state index is 0.169. The molecule has 0 unspecified atom stereocenters. The van der Waals surface area contributed by atoms with Crippen LogP contribution in [0, 0.1) is 5.82 Å². The Morgan fingerprint density at radius 3 is 2.31 bits per heavy atom. The topological polar surface area (TPSA) is 12.0 Å². The molecule has 0 atom stereocenters. The Labute approximate surface area is 78.0 Å². The molecular weight excluding hydrogens is 165 g/mol. The Hall–Kier alpha value is -1.05. The monoisotopic (exact) mass is 179 g/mol. The van der Waals surface area contributed by atoms with E-state index in [-0.39, 0.29) is 5.82 Å². The molecule has 70 valence electrons. The van der Waals surface area contributed by atoms with Gasteiger partial charge in [-0.15, -0.1) is 0 Å². The minimum atomic E-state index is -0.169. The fourth-order valence-corrected chi connectivity index (χ4v) is 1.85. The zero-order valence-electron chi connectivity index (χ0n) is 7.59. The second-order valence-corrected chi connectivity index (χ2v) is 3.63. The Bertz CT molecular complexity index is 262. The summed E-state index contributed by atoms with van der Waals surface area (Å²) in [5.41, 5.74) is 1.04. The molecular formula is C11H14FN. The highest BCUT2D eigenvalue weighted by Gasteiger charge is 2.13. The van der Waals surface area contributed by atoms with E-state index in [4.69, 9.17) is 0 Å². The summed E-state index contributed by atoms with van der Waals surface area (Å²) in [4.78, 5) is 0. The molecule has 0 heterocycles. The average Bonchev–Trinajstić information content (AvgIpc) is 2.62. The van der Waals surface area contributed by atoms with Crippen LogP contribution in [0.5, 0.6) is 0 Å². The maximum absolute atomic E-state index is 12.6. The van der Waals surface area contributed by atoms with Crippen molar-refractivity contribution in [3.05, 3.63) is 30.1 Å². The first-order valence-corrected chi connectivity index (χ1v) is 4.87. The highest BCUT2D eigenvalue weighted by atomic mass is 19.1. The SMILES string of the molecule is Fc1ccc(NC2CCCC2)cc1. The minimum Gasteiger partial charge on any atom is -0.382 e. The third-order valence-electron chi connectivity index (χ3n) is 2.57. The molecule has 2 heteroatoms. The Morgan fingerprint density at radius 2 is 1.69 bits per heavy atom. The lowest BCUT2D eigenvalue weighted by Gasteiger charge is -2.12. The molecule has 1 N–H and O–H groups in total. The van der Waals surface area contributed by atoms with Gasteiger partial charge in [-0.05, 0) is 37.1 Å². The van der Waals surface area contributed by atoms with Crippen molar-refractivity contribution in [2.45, 2.75) is 31.7 Å². The molecule has 1 aliphatic rings. The summed E-state index contributed by atoms with van der Waals surface area (Å²) in [6.07, 6.45) is 5.13. The fraction of sp³-hybridized carbons (Fsp3) is 0.455. The molecule has 1 aliphatic carbocycles. The van der Waals surface area contributed by atoms with Gasteiger partial charge in [0.05, 0.1) is 0 Å². The van der Waals surface area contributed by atoms with Crippen LogP contribution in [-0.2, 0) is 0 Å². The molecule has 2 rings (SSSR count). The number of anilines is 1. The highest BCUT2D eigenvalue weighted by Crippen LogP contribution is 2.22. The van der Waals surface area contributed by atoms with Crippen LogP contribution in [0.1, 0.15) is 25.7 Å². The van der Waals surface area contributed by atoms with Crippen molar-refractivity contribution in [3.8, 4) is 0 Å². The average molecular weight is 179 g/mol. The van der Waals surface area contributed by atoms with Gasteiger partial charge < -0.3 is 5.32 Å². The van der Waals surface area contributed by atoms with E-state index in [0.29, 0.717) is 6.04 Å². The van der Waals surface area contributed by atoms with Gasteiger partial charge >= 0.3 is 0 Å². The number of hydrogen-bond donors (Lipinski definition) is 1. The van der Waals surface area contributed by atoms with Crippen LogP contribution >= 0.6 is 0 Å². The molecule has 0 radical (unpaired) electrons. The molecule has 0 amide bonds. The van der Waals surface area contributed by atoms with Crippen molar-refractivity contribution < 1.29 is 4.39 Å². The van der Waals surface area contributed by atoms with Crippen molar-refractivity contribution in [3.63, 3.8) is 0 Å². The smallest absolute Gasteiger partial charge is 0.123 e. The van der Waals surface area contributed by atoms with Gasteiger partial charge in [-0.2, -0.15) is 0 Å². The van der Waals surface area contributed by atoms with Crippen LogP contribution in [0.4, 0.5) is 10.1 Å². The molecule has 1 nitrogen and oxygen atoms in total. The van der Waals surface area contributed by atoms with E-state index in [1.807, 2.05) is 0 Å². The predicted octanol–water partition coefficient (Wildman–Crippen LogP) is 3.18. The van der Waals surface area contributed by atoms with E-state index in [9.17, 15) is 4.39 Å². The number of hydrogen-bond acceptors (Lipinski definition) is 1. The Morgan fingerprint density at radius 1 is 1.08 bits per heavy atom. The Kier molecular flexibility index (Phi) is 2.48. The van der Waals surface area contributed by atoms with E-state index < -0.39 is 0 Å². The molecule has 1 fully saturated rings. The lowest BCUT2D eigenvalue weighted by atomic mass is 10.2.